The van der Waals surface area contributed by atoms with E-state index in [1.54, 1.807) is 20.8 Å². The van der Waals surface area contributed by atoms with Crippen LogP contribution in [0, 0.1) is 0 Å². The van der Waals surface area contributed by atoms with Gasteiger partial charge in [-0.2, -0.15) is 9.50 Å². The van der Waals surface area contributed by atoms with Gasteiger partial charge in [0.05, 0.1) is 30.0 Å². The highest BCUT2D eigenvalue weighted by Crippen LogP contribution is 2.36. The molecule has 0 amide bonds. The van der Waals surface area contributed by atoms with Crippen LogP contribution < -0.4 is 10.2 Å². The van der Waals surface area contributed by atoms with Gasteiger partial charge in [0.15, 0.2) is 0 Å². The fourth-order valence-corrected chi connectivity index (χ4v) is 5.09. The van der Waals surface area contributed by atoms with Gasteiger partial charge >= 0.3 is 0 Å². The summed E-state index contributed by atoms with van der Waals surface area (Å²) in [6, 6.07) is 0. The molecule has 0 radical (unpaired) electrons. The van der Waals surface area contributed by atoms with Crippen LogP contribution in [0.4, 0.5) is 5.82 Å². The number of ether oxygens (including phenoxy) is 1. The van der Waals surface area contributed by atoms with E-state index in [9.17, 15) is 0 Å². The van der Waals surface area contributed by atoms with Gasteiger partial charge in [0.1, 0.15) is 17.2 Å². The first-order chi connectivity index (χ1) is 11.8. The van der Waals surface area contributed by atoms with Crippen LogP contribution in [0.25, 0.3) is 16.0 Å². The van der Waals surface area contributed by atoms with Crippen LogP contribution in [-0.2, 0) is 17.7 Å². The average Bonchev–Trinajstić information content (AvgIpc) is 3.30. The minimum atomic E-state index is 0.277. The Hall–Kier alpha value is -1.84. The summed E-state index contributed by atoms with van der Waals surface area (Å²) in [5, 5.41) is 16.7. The molecule has 9 heteroatoms. The van der Waals surface area contributed by atoms with Crippen LogP contribution >= 0.6 is 11.3 Å². The van der Waals surface area contributed by atoms with Crippen molar-refractivity contribution in [2.45, 2.75) is 31.9 Å². The smallest absolute Gasteiger partial charge is 0.276 e. The quantitative estimate of drug-likeness (QED) is 0.689. The lowest BCUT2D eigenvalue weighted by atomic mass is 10.1. The lowest BCUT2D eigenvalue weighted by Gasteiger charge is -2.19. The molecule has 2 aliphatic rings. The fraction of sp³-hybridized carbons (Fsp3) is 0.600. The van der Waals surface area contributed by atoms with Crippen LogP contribution in [-0.4, -0.2) is 57.9 Å². The number of quaternary nitrogens is 1. The predicted molar refractivity (Wildman–Crippen MR) is 90.6 cm³/mol. The van der Waals surface area contributed by atoms with Gasteiger partial charge in [0, 0.05) is 19.6 Å². The van der Waals surface area contributed by atoms with Crippen LogP contribution in [0.3, 0.4) is 0 Å². The van der Waals surface area contributed by atoms with E-state index in [0.717, 1.165) is 56.2 Å². The monoisotopic (exact) mass is 346 g/mol. The van der Waals surface area contributed by atoms with E-state index < -0.39 is 0 Å². The summed E-state index contributed by atoms with van der Waals surface area (Å²) in [5.74, 6) is 1.46. The van der Waals surface area contributed by atoms with Gasteiger partial charge < -0.3 is 15.0 Å². The SMILES string of the molecule is C[NH+]1CCc2c(sc3c2c(NC[C@@H]2CCCO2)nc2nnnn23)C1. The molecule has 126 valence electrons. The minimum absolute atomic E-state index is 0.277. The van der Waals surface area contributed by atoms with E-state index in [-0.39, 0.29) is 6.10 Å². The summed E-state index contributed by atoms with van der Waals surface area (Å²) in [6.07, 6.45) is 3.61. The van der Waals surface area contributed by atoms with E-state index in [0.29, 0.717) is 5.78 Å². The van der Waals surface area contributed by atoms with Gasteiger partial charge in [-0.25, -0.2) is 0 Å². The molecule has 1 unspecified atom stereocenters. The minimum Gasteiger partial charge on any atom is -0.376 e. The van der Waals surface area contributed by atoms with Crippen molar-refractivity contribution in [1.29, 1.82) is 0 Å². The first-order valence-electron chi connectivity index (χ1n) is 8.48. The standard InChI is InChI=1S/C15H19N7OS/c1-21-5-4-10-11(8-21)24-14-12(10)13(16-7-9-3-2-6-23-9)17-15-18-19-20-22(14)15/h9H,2-8H2,1H3,(H,16,17,18,20)/p+1/t9-/m0/s1. The topological polar surface area (TPSA) is 81.7 Å². The van der Waals surface area contributed by atoms with Gasteiger partial charge in [0.25, 0.3) is 5.78 Å². The Morgan fingerprint density at radius 2 is 2.42 bits per heavy atom. The molecule has 0 aromatic carbocycles. The van der Waals surface area contributed by atoms with Crippen LogP contribution in [0.2, 0.25) is 0 Å². The molecule has 24 heavy (non-hydrogen) atoms. The summed E-state index contributed by atoms with van der Waals surface area (Å²) >= 11 is 1.80. The number of tetrazole rings is 1. The molecule has 0 bridgehead atoms. The van der Waals surface area contributed by atoms with Crippen molar-refractivity contribution in [3.63, 3.8) is 0 Å². The maximum absolute atomic E-state index is 5.73. The molecule has 0 saturated carbocycles. The molecule has 0 aliphatic carbocycles. The maximum Gasteiger partial charge on any atom is 0.276 e. The maximum atomic E-state index is 5.73. The van der Waals surface area contributed by atoms with E-state index in [4.69, 9.17) is 4.74 Å². The Bertz CT molecular complexity index is 898. The van der Waals surface area contributed by atoms with Crippen molar-refractivity contribution in [1.82, 2.24) is 25.0 Å². The van der Waals surface area contributed by atoms with Gasteiger partial charge in [0.2, 0.25) is 0 Å². The summed E-state index contributed by atoms with van der Waals surface area (Å²) in [7, 11) is 2.24. The molecule has 5 heterocycles. The zero-order valence-corrected chi connectivity index (χ0v) is 14.4. The van der Waals surface area contributed by atoms with Crippen molar-refractivity contribution >= 4 is 33.1 Å². The Balaban J connectivity index is 1.62. The molecule has 2 N–H and O–H groups in total. The number of aromatic nitrogens is 5. The second-order valence-electron chi connectivity index (χ2n) is 6.68. The number of anilines is 1. The first-order valence-corrected chi connectivity index (χ1v) is 9.30. The molecule has 2 aliphatic heterocycles. The Kier molecular flexibility index (Phi) is 3.39. The highest BCUT2D eigenvalue weighted by Gasteiger charge is 2.26. The number of rotatable bonds is 3. The largest absolute Gasteiger partial charge is 0.376 e. The van der Waals surface area contributed by atoms with Crippen LogP contribution in [0.15, 0.2) is 0 Å². The van der Waals surface area contributed by atoms with E-state index >= 15 is 0 Å². The molecule has 1 fully saturated rings. The molecule has 8 nitrogen and oxygen atoms in total. The zero-order valence-electron chi connectivity index (χ0n) is 13.6. The average molecular weight is 346 g/mol. The number of thiophene rings is 1. The van der Waals surface area contributed by atoms with E-state index in [1.807, 2.05) is 0 Å². The number of hydrogen-bond acceptors (Lipinski definition) is 7. The Labute approximate surface area is 142 Å². The van der Waals surface area contributed by atoms with Crippen LogP contribution in [0.1, 0.15) is 23.3 Å². The van der Waals surface area contributed by atoms with Crippen molar-refractivity contribution in [3.8, 4) is 0 Å². The van der Waals surface area contributed by atoms with Crippen molar-refractivity contribution in [3.05, 3.63) is 10.4 Å². The van der Waals surface area contributed by atoms with Crippen molar-refractivity contribution in [2.75, 3.05) is 32.1 Å². The predicted octanol–water partition coefficient (Wildman–Crippen LogP) is -0.104. The number of fused-ring (bicyclic) bond motifs is 5. The highest BCUT2D eigenvalue weighted by atomic mass is 32.1. The van der Waals surface area contributed by atoms with Gasteiger partial charge in [-0.15, -0.1) is 11.3 Å². The summed E-state index contributed by atoms with van der Waals surface area (Å²) < 4.78 is 7.50. The molecule has 3 aromatic rings. The Morgan fingerprint density at radius 3 is 3.29 bits per heavy atom. The number of nitrogens with zero attached hydrogens (tertiary/aromatic N) is 5. The summed E-state index contributed by atoms with van der Waals surface area (Å²) in [5.41, 5.74) is 1.42. The van der Waals surface area contributed by atoms with E-state index in [1.165, 1.54) is 15.8 Å². The van der Waals surface area contributed by atoms with Crippen molar-refractivity contribution in [2.24, 2.45) is 0 Å². The zero-order chi connectivity index (χ0) is 16.1. The second kappa shape index (κ2) is 5.61. The molecular weight excluding hydrogens is 326 g/mol. The molecular formula is C15H20N7OS+. The molecule has 1 saturated heterocycles. The lowest BCUT2D eigenvalue weighted by molar-refractivity contribution is -0.895. The third-order valence-electron chi connectivity index (χ3n) is 4.95. The highest BCUT2D eigenvalue weighted by molar-refractivity contribution is 7.19. The number of likely N-dealkylation sites (N-methyl/N-ethyl adjacent to an activating group) is 1. The third-order valence-corrected chi connectivity index (χ3v) is 6.16. The van der Waals surface area contributed by atoms with Crippen molar-refractivity contribution < 1.29 is 9.64 Å². The number of hydrogen-bond donors (Lipinski definition) is 2. The third kappa shape index (κ3) is 2.27. The molecule has 5 rings (SSSR count). The lowest BCUT2D eigenvalue weighted by Crippen LogP contribution is -3.08. The van der Waals surface area contributed by atoms with Gasteiger partial charge in [-0.05, 0) is 28.8 Å². The Morgan fingerprint density at radius 1 is 1.46 bits per heavy atom. The summed E-state index contributed by atoms with van der Waals surface area (Å²) in [4.78, 5) is 8.76. The molecule has 2 atom stereocenters. The van der Waals surface area contributed by atoms with Crippen LogP contribution in [0.5, 0.6) is 0 Å². The summed E-state index contributed by atoms with van der Waals surface area (Å²) in [6.45, 7) is 3.86. The molecule has 3 aromatic heterocycles. The second-order valence-corrected chi connectivity index (χ2v) is 7.77. The first kappa shape index (κ1) is 14.5. The number of nitrogens with one attached hydrogen (secondary N) is 2. The van der Waals surface area contributed by atoms with E-state index in [2.05, 4.69) is 32.9 Å². The van der Waals surface area contributed by atoms with Gasteiger partial charge in [-0.1, -0.05) is 5.10 Å². The normalized spacial score (nSPS) is 23.9. The van der Waals surface area contributed by atoms with Gasteiger partial charge in [-0.3, -0.25) is 0 Å². The fourth-order valence-electron chi connectivity index (χ4n) is 3.68. The molecule has 0 spiro atoms.